The minimum atomic E-state index is -3.71. The largest absolute Gasteiger partial charge is 0.362 e. The van der Waals surface area contributed by atoms with Gasteiger partial charge in [0.1, 0.15) is 5.69 Å². The van der Waals surface area contributed by atoms with Crippen LogP contribution in [0.3, 0.4) is 0 Å². The third-order valence-electron chi connectivity index (χ3n) is 4.97. The number of halogens is 1. The summed E-state index contributed by atoms with van der Waals surface area (Å²) in [6, 6.07) is 16.3. The second kappa shape index (κ2) is 9.88. The number of para-hydroxylation sites is 1. The summed E-state index contributed by atoms with van der Waals surface area (Å²) in [7, 11) is -1.92. The predicted molar refractivity (Wildman–Crippen MR) is 124 cm³/mol. The Morgan fingerprint density at radius 3 is 2.19 bits per heavy atom. The van der Waals surface area contributed by atoms with Crippen molar-refractivity contribution in [3.8, 4) is 5.69 Å². The standard InChI is InChI=1S/C22H27ClN3O4P/c1-5-29-31(28,30-6-2)21(18-14-10-11-15-19(18)23)24-20-16(3)25(4)26(22(20)27)17-12-8-7-9-13-17/h7-15,21,24H,5-6H2,1-4H3. The first-order chi connectivity index (χ1) is 14.8. The molecule has 2 aromatic carbocycles. The Balaban J connectivity index is 2.16. The Hall–Kier alpha value is -2.31. The van der Waals surface area contributed by atoms with Crippen molar-refractivity contribution in [2.45, 2.75) is 26.6 Å². The summed E-state index contributed by atoms with van der Waals surface area (Å²) in [4.78, 5) is 13.4. The molecule has 0 amide bonds. The van der Waals surface area contributed by atoms with E-state index in [1.54, 1.807) is 54.5 Å². The molecule has 0 saturated carbocycles. The van der Waals surface area contributed by atoms with Crippen LogP contribution in [0.25, 0.3) is 5.69 Å². The van der Waals surface area contributed by atoms with Crippen molar-refractivity contribution in [1.82, 2.24) is 9.36 Å². The molecule has 1 unspecified atom stereocenters. The van der Waals surface area contributed by atoms with Gasteiger partial charge in [0.05, 0.1) is 24.6 Å². The smallest absolute Gasteiger partial charge is 0.357 e. The third kappa shape index (κ3) is 4.65. The maximum Gasteiger partial charge on any atom is 0.357 e. The molecular formula is C22H27ClN3O4P. The molecule has 3 rings (SSSR count). The molecular weight excluding hydrogens is 437 g/mol. The summed E-state index contributed by atoms with van der Waals surface area (Å²) >= 11 is 6.44. The van der Waals surface area contributed by atoms with Crippen molar-refractivity contribution in [1.29, 1.82) is 0 Å². The molecule has 0 spiro atoms. The van der Waals surface area contributed by atoms with Gasteiger partial charge in [-0.15, -0.1) is 0 Å². The zero-order valence-corrected chi connectivity index (χ0v) is 19.7. The van der Waals surface area contributed by atoms with Crippen LogP contribution >= 0.6 is 19.2 Å². The van der Waals surface area contributed by atoms with Crippen LogP contribution in [-0.2, 0) is 20.7 Å². The monoisotopic (exact) mass is 463 g/mol. The summed E-state index contributed by atoms with van der Waals surface area (Å²) in [6.45, 7) is 5.67. The first-order valence-corrected chi connectivity index (χ1v) is 12.1. The molecule has 0 radical (unpaired) electrons. The first-order valence-electron chi connectivity index (χ1n) is 10.1. The van der Waals surface area contributed by atoms with Crippen molar-refractivity contribution >= 4 is 24.9 Å². The lowest BCUT2D eigenvalue weighted by Gasteiger charge is -2.28. The molecule has 1 heterocycles. The van der Waals surface area contributed by atoms with Gasteiger partial charge in [0.25, 0.3) is 5.56 Å². The Labute approximate surface area is 187 Å². The fourth-order valence-corrected chi connectivity index (χ4v) is 5.71. The summed E-state index contributed by atoms with van der Waals surface area (Å²) in [5, 5.41) is 3.56. The summed E-state index contributed by atoms with van der Waals surface area (Å²) in [5.74, 6) is -0.959. The normalized spacial score (nSPS) is 12.7. The van der Waals surface area contributed by atoms with Gasteiger partial charge < -0.3 is 14.4 Å². The molecule has 9 heteroatoms. The van der Waals surface area contributed by atoms with Crippen LogP contribution < -0.4 is 10.9 Å². The van der Waals surface area contributed by atoms with E-state index in [1.807, 2.05) is 37.3 Å². The van der Waals surface area contributed by atoms with Gasteiger partial charge in [-0.05, 0) is 39.0 Å². The lowest BCUT2D eigenvalue weighted by Crippen LogP contribution is -2.23. The van der Waals surface area contributed by atoms with Crippen LogP contribution in [0.4, 0.5) is 5.69 Å². The highest BCUT2D eigenvalue weighted by Gasteiger charge is 2.39. The van der Waals surface area contributed by atoms with E-state index in [0.29, 0.717) is 22.0 Å². The molecule has 1 atom stereocenters. The average molecular weight is 464 g/mol. The van der Waals surface area contributed by atoms with E-state index in [-0.39, 0.29) is 18.8 Å². The second-order valence-corrected chi connectivity index (χ2v) is 9.40. The minimum absolute atomic E-state index is 0.182. The maximum atomic E-state index is 13.8. The van der Waals surface area contributed by atoms with Gasteiger partial charge in [0.15, 0.2) is 5.78 Å². The molecule has 3 aromatic rings. The average Bonchev–Trinajstić information content (AvgIpc) is 2.96. The first kappa shape index (κ1) is 23.4. The van der Waals surface area contributed by atoms with Crippen molar-refractivity contribution < 1.29 is 13.6 Å². The van der Waals surface area contributed by atoms with E-state index in [0.717, 1.165) is 5.69 Å². The van der Waals surface area contributed by atoms with Gasteiger partial charge in [0.2, 0.25) is 0 Å². The van der Waals surface area contributed by atoms with Crippen LogP contribution in [0.2, 0.25) is 5.02 Å². The van der Waals surface area contributed by atoms with E-state index >= 15 is 0 Å². The molecule has 0 aliphatic heterocycles. The van der Waals surface area contributed by atoms with Crippen LogP contribution in [0.1, 0.15) is 30.9 Å². The Morgan fingerprint density at radius 2 is 1.61 bits per heavy atom. The molecule has 166 valence electrons. The van der Waals surface area contributed by atoms with Gasteiger partial charge in [-0.3, -0.25) is 14.0 Å². The van der Waals surface area contributed by atoms with E-state index in [2.05, 4.69) is 5.32 Å². The quantitative estimate of drug-likeness (QED) is 0.423. The van der Waals surface area contributed by atoms with Crippen LogP contribution in [0, 0.1) is 6.92 Å². The number of rotatable bonds is 9. The van der Waals surface area contributed by atoms with Gasteiger partial charge in [-0.1, -0.05) is 48.0 Å². The van der Waals surface area contributed by atoms with E-state index in [4.69, 9.17) is 20.6 Å². The van der Waals surface area contributed by atoms with Crippen molar-refractivity contribution in [3.63, 3.8) is 0 Å². The summed E-state index contributed by atoms with van der Waals surface area (Å²) < 4.78 is 28.3. The highest BCUT2D eigenvalue weighted by Crippen LogP contribution is 2.61. The lowest BCUT2D eigenvalue weighted by molar-refractivity contribution is 0.214. The molecule has 0 saturated heterocycles. The van der Waals surface area contributed by atoms with Gasteiger partial charge in [-0.25, -0.2) is 4.68 Å². The molecule has 0 aliphatic rings. The number of hydrogen-bond acceptors (Lipinski definition) is 5. The second-order valence-electron chi connectivity index (χ2n) is 6.88. The molecule has 0 aliphatic carbocycles. The summed E-state index contributed by atoms with van der Waals surface area (Å²) in [5.41, 5.74) is 1.95. The SMILES string of the molecule is CCOP(=O)(OCC)C(Nc1c(C)n(C)n(-c2ccccc2)c1=O)c1ccccc1Cl. The fourth-order valence-electron chi connectivity index (χ4n) is 3.44. The Bertz CT molecular complexity index is 1130. The Morgan fingerprint density at radius 1 is 1.03 bits per heavy atom. The Kier molecular flexibility index (Phi) is 7.44. The number of aromatic nitrogens is 2. The van der Waals surface area contributed by atoms with Crippen LogP contribution in [0.5, 0.6) is 0 Å². The van der Waals surface area contributed by atoms with Crippen molar-refractivity contribution in [2.75, 3.05) is 18.5 Å². The molecule has 1 N–H and O–H groups in total. The number of anilines is 1. The molecule has 0 bridgehead atoms. The number of hydrogen-bond donors (Lipinski definition) is 1. The number of benzene rings is 2. The maximum absolute atomic E-state index is 13.8. The molecule has 31 heavy (non-hydrogen) atoms. The number of nitrogens with zero attached hydrogens (tertiary/aromatic N) is 2. The van der Waals surface area contributed by atoms with Gasteiger partial charge in [-0.2, -0.15) is 0 Å². The third-order valence-corrected chi connectivity index (χ3v) is 7.59. The van der Waals surface area contributed by atoms with Crippen LogP contribution in [-0.4, -0.2) is 22.6 Å². The van der Waals surface area contributed by atoms with Gasteiger partial charge in [0, 0.05) is 17.6 Å². The summed E-state index contributed by atoms with van der Waals surface area (Å²) in [6.07, 6.45) is 0. The topological polar surface area (TPSA) is 74.5 Å². The zero-order valence-electron chi connectivity index (χ0n) is 18.0. The van der Waals surface area contributed by atoms with Crippen molar-refractivity contribution in [2.24, 2.45) is 7.05 Å². The highest BCUT2D eigenvalue weighted by atomic mass is 35.5. The lowest BCUT2D eigenvalue weighted by atomic mass is 10.2. The van der Waals surface area contributed by atoms with Crippen molar-refractivity contribution in [3.05, 3.63) is 81.2 Å². The molecule has 0 fully saturated rings. The van der Waals surface area contributed by atoms with E-state index < -0.39 is 13.4 Å². The minimum Gasteiger partial charge on any atom is -0.362 e. The van der Waals surface area contributed by atoms with E-state index in [9.17, 15) is 9.36 Å². The van der Waals surface area contributed by atoms with Gasteiger partial charge >= 0.3 is 7.60 Å². The zero-order chi connectivity index (χ0) is 22.6. The van der Waals surface area contributed by atoms with E-state index in [1.165, 1.54) is 0 Å². The highest BCUT2D eigenvalue weighted by molar-refractivity contribution is 7.54. The molecule has 1 aromatic heterocycles. The van der Waals surface area contributed by atoms with Crippen LogP contribution in [0.15, 0.2) is 59.4 Å². The molecule has 7 nitrogen and oxygen atoms in total. The predicted octanol–water partition coefficient (Wildman–Crippen LogP) is 5.51. The number of nitrogens with one attached hydrogen (secondary N) is 1. The fraction of sp³-hybridized carbons (Fsp3) is 0.318.